The number of fused-ring (bicyclic) bond motifs is 1. The summed E-state index contributed by atoms with van der Waals surface area (Å²) in [5.41, 5.74) is 2.06. The first-order chi connectivity index (χ1) is 14.8. The van der Waals surface area contributed by atoms with Crippen LogP contribution in [0.3, 0.4) is 0 Å². The van der Waals surface area contributed by atoms with E-state index in [0.717, 1.165) is 36.2 Å². The molecular formula is C25H27F2N3O. The lowest BCUT2D eigenvalue weighted by atomic mass is 9.65. The molecule has 31 heavy (non-hydrogen) atoms. The highest BCUT2D eigenvalue weighted by Gasteiger charge is 2.42. The van der Waals surface area contributed by atoms with Crippen molar-refractivity contribution < 1.29 is 8.78 Å². The van der Waals surface area contributed by atoms with Crippen molar-refractivity contribution in [3.8, 4) is 11.3 Å². The van der Waals surface area contributed by atoms with Crippen LogP contribution in [0.15, 0.2) is 47.3 Å². The Kier molecular flexibility index (Phi) is 5.50. The first-order valence-corrected chi connectivity index (χ1v) is 10.8. The molecule has 0 aliphatic heterocycles. The summed E-state index contributed by atoms with van der Waals surface area (Å²) in [4.78, 5) is 12.3. The van der Waals surface area contributed by atoms with E-state index in [9.17, 15) is 13.6 Å². The largest absolute Gasteiger partial charge is 0.315 e. The minimum absolute atomic E-state index is 0.0812. The lowest BCUT2D eigenvalue weighted by Crippen LogP contribution is -2.38. The number of halogens is 2. The zero-order chi connectivity index (χ0) is 22.3. The molecule has 162 valence electrons. The maximum absolute atomic E-state index is 14.5. The Hall–Kier alpha value is -2.89. The molecule has 1 aliphatic carbocycles. The van der Waals surface area contributed by atoms with Gasteiger partial charge in [-0.1, -0.05) is 32.4 Å². The fraction of sp³-hybridized carbons (Fsp3) is 0.400. The second kappa shape index (κ2) is 7.98. The summed E-state index contributed by atoms with van der Waals surface area (Å²) < 4.78 is 30.6. The van der Waals surface area contributed by atoms with Crippen LogP contribution in [0.4, 0.5) is 8.78 Å². The molecule has 2 heterocycles. The molecule has 0 fully saturated rings. The zero-order valence-corrected chi connectivity index (χ0v) is 18.3. The van der Waals surface area contributed by atoms with Crippen LogP contribution in [0.1, 0.15) is 62.9 Å². The third kappa shape index (κ3) is 3.48. The lowest BCUT2D eigenvalue weighted by Gasteiger charge is -2.41. The van der Waals surface area contributed by atoms with Crippen LogP contribution in [-0.2, 0) is 12.5 Å². The van der Waals surface area contributed by atoms with Gasteiger partial charge < -0.3 is 4.57 Å². The summed E-state index contributed by atoms with van der Waals surface area (Å²) in [5.74, 6) is -0.722. The van der Waals surface area contributed by atoms with Crippen molar-refractivity contribution in [2.24, 2.45) is 13.0 Å². The van der Waals surface area contributed by atoms with Gasteiger partial charge in [0.15, 0.2) is 0 Å². The molecule has 0 N–H and O–H groups in total. The Morgan fingerprint density at radius 3 is 2.52 bits per heavy atom. The van der Waals surface area contributed by atoms with Gasteiger partial charge in [-0.25, -0.2) is 8.78 Å². The van der Waals surface area contributed by atoms with Crippen molar-refractivity contribution in [2.75, 3.05) is 0 Å². The average Bonchev–Trinajstić information content (AvgIpc) is 2.75. The highest BCUT2D eigenvalue weighted by Crippen LogP contribution is 2.48. The van der Waals surface area contributed by atoms with Gasteiger partial charge in [0.05, 0.1) is 22.4 Å². The first-order valence-electron chi connectivity index (χ1n) is 10.8. The van der Waals surface area contributed by atoms with E-state index >= 15 is 0 Å². The van der Waals surface area contributed by atoms with Gasteiger partial charge in [0, 0.05) is 18.8 Å². The molecular weight excluding hydrogens is 396 g/mol. The summed E-state index contributed by atoms with van der Waals surface area (Å²) in [5, 5.41) is 8.81. The van der Waals surface area contributed by atoms with E-state index in [1.54, 1.807) is 23.7 Å². The Bertz CT molecular complexity index is 1170. The molecule has 3 aromatic rings. The minimum atomic E-state index is -0.654. The standard InChI is InChI=1S/C25H27F2N3O/c1-5-15(2)16-12-13-25(3,21-10-7-11-22(31)30(21)4)24-17(16)14-20(28-29-24)23-18(26)8-6-9-19(23)27/h6-11,14-16H,5,12-13H2,1-4H3/t15?,16-,25-/m1/s1. The third-order valence-electron chi connectivity index (χ3n) is 7.00. The molecule has 2 aromatic heterocycles. The number of aromatic nitrogens is 3. The molecule has 4 nitrogen and oxygen atoms in total. The second-order valence-corrected chi connectivity index (χ2v) is 8.80. The number of rotatable bonds is 4. The van der Waals surface area contributed by atoms with Gasteiger partial charge in [0.25, 0.3) is 0 Å². The van der Waals surface area contributed by atoms with Crippen molar-refractivity contribution in [1.82, 2.24) is 14.8 Å². The summed E-state index contributed by atoms with van der Waals surface area (Å²) in [6, 6.07) is 10.9. The molecule has 0 saturated heterocycles. The van der Waals surface area contributed by atoms with Crippen LogP contribution >= 0.6 is 0 Å². The smallest absolute Gasteiger partial charge is 0.250 e. The molecule has 0 saturated carbocycles. The summed E-state index contributed by atoms with van der Waals surface area (Å²) in [6.45, 7) is 6.41. The fourth-order valence-electron chi connectivity index (χ4n) is 4.94. The molecule has 0 spiro atoms. The monoisotopic (exact) mass is 423 g/mol. The van der Waals surface area contributed by atoms with Crippen molar-refractivity contribution >= 4 is 0 Å². The summed E-state index contributed by atoms with van der Waals surface area (Å²) in [6.07, 6.45) is 2.69. The maximum atomic E-state index is 14.5. The van der Waals surface area contributed by atoms with Gasteiger partial charge in [0.1, 0.15) is 11.6 Å². The summed E-state index contributed by atoms with van der Waals surface area (Å²) >= 11 is 0. The maximum Gasteiger partial charge on any atom is 0.250 e. The molecule has 0 bridgehead atoms. The number of benzene rings is 1. The molecule has 6 heteroatoms. The fourth-order valence-corrected chi connectivity index (χ4v) is 4.94. The van der Waals surface area contributed by atoms with Crippen molar-refractivity contribution in [2.45, 2.75) is 51.4 Å². The van der Waals surface area contributed by atoms with Crippen LogP contribution < -0.4 is 5.56 Å². The molecule has 0 radical (unpaired) electrons. The predicted octanol–water partition coefficient (Wildman–Crippen LogP) is 5.35. The van der Waals surface area contributed by atoms with E-state index in [4.69, 9.17) is 0 Å². The molecule has 4 rings (SSSR count). The molecule has 3 atom stereocenters. The highest BCUT2D eigenvalue weighted by molar-refractivity contribution is 5.62. The topological polar surface area (TPSA) is 47.8 Å². The highest BCUT2D eigenvalue weighted by atomic mass is 19.1. The van der Waals surface area contributed by atoms with Gasteiger partial charge in [-0.2, -0.15) is 5.10 Å². The summed E-state index contributed by atoms with van der Waals surface area (Å²) in [7, 11) is 1.76. The van der Waals surface area contributed by atoms with E-state index in [0.29, 0.717) is 5.92 Å². The Morgan fingerprint density at radius 2 is 1.84 bits per heavy atom. The van der Waals surface area contributed by atoms with Gasteiger partial charge in [-0.15, -0.1) is 5.10 Å². The van der Waals surface area contributed by atoms with Gasteiger partial charge >= 0.3 is 0 Å². The van der Waals surface area contributed by atoms with Crippen LogP contribution in [0.2, 0.25) is 0 Å². The van der Waals surface area contributed by atoms with Gasteiger partial charge in [0.2, 0.25) is 5.56 Å². The SMILES string of the molecule is CCC(C)[C@H]1CC[C@](C)(c2cccc(=O)n2C)c2nnc(-c3c(F)cccc3F)cc21. The van der Waals surface area contributed by atoms with Crippen LogP contribution in [-0.4, -0.2) is 14.8 Å². The second-order valence-electron chi connectivity index (χ2n) is 8.80. The number of nitrogens with zero attached hydrogens (tertiary/aromatic N) is 3. The molecule has 1 aliphatic rings. The lowest BCUT2D eigenvalue weighted by molar-refractivity contribution is 0.324. The third-order valence-corrected chi connectivity index (χ3v) is 7.00. The minimum Gasteiger partial charge on any atom is -0.315 e. The van der Waals surface area contributed by atoms with Crippen molar-refractivity contribution in [1.29, 1.82) is 0 Å². The van der Waals surface area contributed by atoms with E-state index < -0.39 is 17.0 Å². The quantitative estimate of drug-likeness (QED) is 0.568. The Labute approximate surface area is 181 Å². The van der Waals surface area contributed by atoms with E-state index in [-0.39, 0.29) is 22.7 Å². The van der Waals surface area contributed by atoms with Crippen molar-refractivity contribution in [3.05, 3.63) is 81.4 Å². The normalized spacial score (nSPS) is 21.5. The van der Waals surface area contributed by atoms with E-state index in [2.05, 4.69) is 31.0 Å². The molecule has 1 aromatic carbocycles. The molecule has 0 amide bonds. The zero-order valence-electron chi connectivity index (χ0n) is 18.3. The number of hydrogen-bond acceptors (Lipinski definition) is 3. The van der Waals surface area contributed by atoms with Gasteiger partial charge in [-0.05, 0) is 61.4 Å². The Balaban J connectivity index is 1.95. The Morgan fingerprint density at radius 1 is 1.16 bits per heavy atom. The van der Waals surface area contributed by atoms with E-state index in [1.807, 2.05) is 6.07 Å². The number of hydrogen-bond donors (Lipinski definition) is 0. The van der Waals surface area contributed by atoms with Crippen molar-refractivity contribution in [3.63, 3.8) is 0 Å². The van der Waals surface area contributed by atoms with Gasteiger partial charge in [-0.3, -0.25) is 4.79 Å². The number of pyridine rings is 1. The average molecular weight is 424 g/mol. The van der Waals surface area contributed by atoms with Crippen LogP contribution in [0.25, 0.3) is 11.3 Å². The molecule has 1 unspecified atom stereocenters. The first kappa shape index (κ1) is 21.3. The van der Waals surface area contributed by atoms with Crippen LogP contribution in [0.5, 0.6) is 0 Å². The predicted molar refractivity (Wildman–Crippen MR) is 117 cm³/mol. The van der Waals surface area contributed by atoms with Crippen LogP contribution in [0, 0.1) is 17.6 Å². The van der Waals surface area contributed by atoms with E-state index in [1.165, 1.54) is 24.3 Å².